The normalized spacial score (nSPS) is 19.6. The van der Waals surface area contributed by atoms with Crippen LogP contribution in [0, 0.1) is 18.7 Å². The molecule has 4 aromatic rings. The molecule has 2 N–H and O–H groups in total. The Kier molecular flexibility index (Phi) is 7.18. The molecule has 3 heterocycles. The number of aryl methyl sites for hydroxylation is 1. The first kappa shape index (κ1) is 27.3. The summed E-state index contributed by atoms with van der Waals surface area (Å²) in [5, 5.41) is 2.75. The fourth-order valence-electron chi connectivity index (χ4n) is 5.07. The van der Waals surface area contributed by atoms with Gasteiger partial charge in [0.15, 0.2) is 6.61 Å². The maximum atomic E-state index is 13.9. The van der Waals surface area contributed by atoms with E-state index in [0.717, 1.165) is 33.6 Å². The number of aromatic amines is 1. The van der Waals surface area contributed by atoms with E-state index in [4.69, 9.17) is 16.3 Å². The van der Waals surface area contributed by atoms with Crippen LogP contribution in [0.3, 0.4) is 0 Å². The number of nitrogens with one attached hydrogen (secondary N) is 2. The molecule has 2 aliphatic rings. The highest BCUT2D eigenvalue weighted by Crippen LogP contribution is 2.54. The smallest absolute Gasteiger partial charge is 0.305 e. The minimum atomic E-state index is -0.904. The van der Waals surface area contributed by atoms with Crippen LogP contribution in [-0.2, 0) is 14.4 Å². The Labute approximate surface area is 246 Å². The van der Waals surface area contributed by atoms with Gasteiger partial charge in [0.2, 0.25) is 11.8 Å². The first-order chi connectivity index (χ1) is 19.7. The molecule has 3 amide bonds. The summed E-state index contributed by atoms with van der Waals surface area (Å²) in [6.07, 6.45) is 0. The summed E-state index contributed by atoms with van der Waals surface area (Å²) in [6.45, 7) is 1.61. The Balaban J connectivity index is 1.36. The maximum absolute atomic E-state index is 13.9. The van der Waals surface area contributed by atoms with Crippen LogP contribution in [0.4, 0.5) is 15.8 Å². The molecule has 3 aromatic carbocycles. The number of anilines is 2. The molecule has 41 heavy (non-hydrogen) atoms. The molecule has 3 atom stereocenters. The molecule has 208 valence electrons. The molecule has 1 saturated heterocycles. The summed E-state index contributed by atoms with van der Waals surface area (Å²) in [7, 11) is 0. The van der Waals surface area contributed by atoms with Crippen LogP contribution in [0.2, 0.25) is 5.02 Å². The van der Waals surface area contributed by atoms with E-state index in [0.29, 0.717) is 26.2 Å². The van der Waals surface area contributed by atoms with Crippen molar-refractivity contribution in [3.05, 3.63) is 103 Å². The van der Waals surface area contributed by atoms with Gasteiger partial charge in [-0.3, -0.25) is 19.2 Å². The number of carbonyl (C=O) groups excluding carboxylic acids is 3. The van der Waals surface area contributed by atoms with Gasteiger partial charge in [-0.1, -0.05) is 52.4 Å². The van der Waals surface area contributed by atoms with Gasteiger partial charge < -0.3 is 15.0 Å². The Hall–Kier alpha value is -3.93. The third kappa shape index (κ3) is 5.16. The topological polar surface area (TPSA) is 109 Å². The number of ether oxygens (including phenoxy) is 1. The van der Waals surface area contributed by atoms with Gasteiger partial charge in [0.1, 0.15) is 16.8 Å². The lowest BCUT2D eigenvalue weighted by Gasteiger charge is -2.31. The zero-order chi connectivity index (χ0) is 28.8. The molecule has 1 fully saturated rings. The number of aromatic nitrogens is 1. The molecule has 0 aliphatic carbocycles. The number of hydrogen-bond acceptors (Lipinski definition) is 7. The summed E-state index contributed by atoms with van der Waals surface area (Å²) < 4.78 is 19.5. The molecule has 0 radical (unpaired) electrons. The third-order valence-electron chi connectivity index (χ3n) is 6.91. The summed E-state index contributed by atoms with van der Waals surface area (Å²) in [6, 6.07) is 17.3. The molecule has 0 saturated carbocycles. The number of H-pyrrole nitrogens is 1. The quantitative estimate of drug-likeness (QED) is 0.285. The molecule has 0 bridgehead atoms. The van der Waals surface area contributed by atoms with Crippen molar-refractivity contribution in [2.75, 3.05) is 16.8 Å². The van der Waals surface area contributed by atoms with Gasteiger partial charge >= 0.3 is 4.87 Å². The average Bonchev–Trinajstić information content (AvgIpc) is 3.44. The van der Waals surface area contributed by atoms with E-state index < -0.39 is 40.6 Å². The number of rotatable bonds is 6. The van der Waals surface area contributed by atoms with Crippen molar-refractivity contribution >= 4 is 63.8 Å². The first-order valence-electron chi connectivity index (χ1n) is 12.5. The predicted octanol–water partition coefficient (Wildman–Crippen LogP) is 5.35. The van der Waals surface area contributed by atoms with Crippen molar-refractivity contribution in [3.63, 3.8) is 0 Å². The highest BCUT2D eigenvalue weighted by molar-refractivity contribution is 8.00. The van der Waals surface area contributed by atoms with Crippen LogP contribution in [0.15, 0.2) is 76.6 Å². The van der Waals surface area contributed by atoms with Crippen LogP contribution < -0.4 is 19.8 Å². The number of thiazole rings is 1. The number of amides is 3. The van der Waals surface area contributed by atoms with Crippen LogP contribution in [0.5, 0.6) is 5.75 Å². The molecule has 6 rings (SSSR count). The number of fused-ring (bicyclic) bond motifs is 2. The Morgan fingerprint density at radius 2 is 1.78 bits per heavy atom. The van der Waals surface area contributed by atoms with Crippen molar-refractivity contribution < 1.29 is 23.5 Å². The lowest BCUT2D eigenvalue weighted by atomic mass is 9.82. The first-order valence-corrected chi connectivity index (χ1v) is 14.6. The minimum Gasteiger partial charge on any atom is -0.483 e. The number of carbonyl (C=O) groups is 3. The zero-order valence-electron chi connectivity index (χ0n) is 21.4. The van der Waals surface area contributed by atoms with Crippen molar-refractivity contribution in [2.24, 2.45) is 5.92 Å². The van der Waals surface area contributed by atoms with Crippen LogP contribution in [0.25, 0.3) is 0 Å². The number of thioether (sulfide) groups is 1. The molecule has 0 unspecified atom stereocenters. The second-order valence-corrected chi connectivity index (χ2v) is 12.2. The summed E-state index contributed by atoms with van der Waals surface area (Å²) in [5.41, 5.74) is 2.39. The van der Waals surface area contributed by atoms with E-state index in [1.165, 1.54) is 24.3 Å². The second kappa shape index (κ2) is 10.8. The van der Waals surface area contributed by atoms with Gasteiger partial charge in [-0.25, -0.2) is 9.29 Å². The predicted molar refractivity (Wildman–Crippen MR) is 156 cm³/mol. The van der Waals surface area contributed by atoms with E-state index in [1.54, 1.807) is 30.3 Å². The van der Waals surface area contributed by atoms with Crippen LogP contribution in [-0.4, -0.2) is 34.6 Å². The Morgan fingerprint density at radius 1 is 1.05 bits per heavy atom. The van der Waals surface area contributed by atoms with Gasteiger partial charge in [0, 0.05) is 27.1 Å². The average molecular weight is 610 g/mol. The lowest BCUT2D eigenvalue weighted by Crippen LogP contribution is -2.32. The molecule has 2 aliphatic heterocycles. The van der Waals surface area contributed by atoms with Gasteiger partial charge in [-0.2, -0.15) is 0 Å². The second-order valence-electron chi connectivity index (χ2n) is 9.62. The van der Waals surface area contributed by atoms with Crippen molar-refractivity contribution in [1.29, 1.82) is 0 Å². The van der Waals surface area contributed by atoms with Crippen molar-refractivity contribution in [2.45, 2.75) is 23.1 Å². The number of imide groups is 1. The Morgan fingerprint density at radius 3 is 2.51 bits per heavy atom. The molecule has 12 heteroatoms. The Bertz CT molecular complexity index is 1740. The van der Waals surface area contributed by atoms with Gasteiger partial charge in [0.25, 0.3) is 5.91 Å². The summed E-state index contributed by atoms with van der Waals surface area (Å²) >= 11 is 8.46. The van der Waals surface area contributed by atoms with E-state index in [1.807, 2.05) is 19.1 Å². The zero-order valence-corrected chi connectivity index (χ0v) is 23.7. The molecular formula is C29H21ClFN3O5S2. The summed E-state index contributed by atoms with van der Waals surface area (Å²) in [5.74, 6) is -3.23. The maximum Gasteiger partial charge on any atom is 0.305 e. The monoisotopic (exact) mass is 609 g/mol. The standard InChI is InChI=1S/C29H21ClFN3O5S2/c1-14-2-7-17(8-3-14)32-21(35)13-39-20-11-4-15(30)12-19(20)22-23-25(40-26-24(22)41-29(38)33-26)28(37)34(27(23)36)18-9-5-16(31)6-10-18/h2-12,22-23,25H,13H2,1H3,(H,32,35)(H,33,38)/t22-,23-,25+/m0/s1. The molecule has 8 nitrogen and oxygen atoms in total. The fraction of sp³-hybridized carbons (Fsp3) is 0.172. The van der Waals surface area contributed by atoms with Crippen molar-refractivity contribution in [3.8, 4) is 5.75 Å². The van der Waals surface area contributed by atoms with E-state index >= 15 is 0 Å². The molecule has 0 spiro atoms. The minimum absolute atomic E-state index is 0.252. The van der Waals surface area contributed by atoms with Crippen LogP contribution in [0.1, 0.15) is 21.9 Å². The van der Waals surface area contributed by atoms with Gasteiger partial charge in [0.05, 0.1) is 16.6 Å². The third-order valence-corrected chi connectivity index (χ3v) is 9.55. The fourth-order valence-corrected chi connectivity index (χ4v) is 7.75. The number of halogens is 2. The number of nitrogens with zero attached hydrogens (tertiary/aromatic N) is 1. The highest BCUT2D eigenvalue weighted by Gasteiger charge is 2.56. The number of benzene rings is 3. The largest absolute Gasteiger partial charge is 0.483 e. The molecule has 1 aromatic heterocycles. The van der Waals surface area contributed by atoms with Gasteiger partial charge in [-0.15, -0.1) is 0 Å². The SMILES string of the molecule is Cc1ccc(NC(=O)COc2ccc(Cl)cc2[C@@H]2c3sc(=O)[nH]c3S[C@H]3C(=O)N(c4ccc(F)cc4)C(=O)[C@@H]23)cc1. The van der Waals surface area contributed by atoms with Gasteiger partial charge in [-0.05, 0) is 61.5 Å². The van der Waals surface area contributed by atoms with E-state index in [2.05, 4.69) is 10.3 Å². The van der Waals surface area contributed by atoms with Crippen LogP contribution >= 0.6 is 34.7 Å². The summed E-state index contributed by atoms with van der Waals surface area (Å²) in [4.78, 5) is 56.7. The highest BCUT2D eigenvalue weighted by atomic mass is 35.5. The lowest BCUT2D eigenvalue weighted by molar-refractivity contribution is -0.122. The van der Waals surface area contributed by atoms with E-state index in [9.17, 15) is 23.6 Å². The van der Waals surface area contributed by atoms with Crippen molar-refractivity contribution in [1.82, 2.24) is 4.98 Å². The number of hydrogen-bond donors (Lipinski definition) is 2. The van der Waals surface area contributed by atoms with E-state index in [-0.39, 0.29) is 22.9 Å². The molecular weight excluding hydrogens is 589 g/mol.